The fourth-order valence-electron chi connectivity index (χ4n) is 2.62. The van der Waals surface area contributed by atoms with E-state index in [1.165, 1.54) is 13.1 Å². The van der Waals surface area contributed by atoms with Crippen molar-refractivity contribution in [2.75, 3.05) is 6.61 Å². The van der Waals surface area contributed by atoms with Crippen LogP contribution in [0.3, 0.4) is 0 Å². The van der Waals surface area contributed by atoms with Gasteiger partial charge in [0.1, 0.15) is 23.3 Å². The summed E-state index contributed by atoms with van der Waals surface area (Å²) in [5.74, 6) is -2.16. The fourth-order valence-corrected chi connectivity index (χ4v) is 2.62. The van der Waals surface area contributed by atoms with Crippen LogP contribution in [0, 0.1) is 0 Å². The third-order valence-corrected chi connectivity index (χ3v) is 4.42. The molecule has 3 rings (SSSR count). The third-order valence-electron chi connectivity index (χ3n) is 4.42. The van der Waals surface area contributed by atoms with Gasteiger partial charge in [0.15, 0.2) is 6.61 Å². The van der Waals surface area contributed by atoms with Crippen LogP contribution >= 0.6 is 0 Å². The van der Waals surface area contributed by atoms with Crippen molar-refractivity contribution >= 4 is 23.0 Å². The number of halogens is 2. The van der Waals surface area contributed by atoms with Crippen molar-refractivity contribution in [1.29, 1.82) is 0 Å². The standard InChI is InChI=1S/C22H23F2N3O2/c1-4-22(23,24)14-28-17-8-7-11-18(25-12-17)15(2)29-16(3)21-13-26-19-9-5-6-10-20(19)27-21/h5-6,8-13,15H,3-4,7,14H2,1-2H3. The fraction of sp³-hybridized carbons (Fsp3) is 0.318. The molecule has 0 spiro atoms. The molecule has 1 aliphatic heterocycles. The van der Waals surface area contributed by atoms with Gasteiger partial charge in [-0.05, 0) is 31.6 Å². The minimum absolute atomic E-state index is 0.272. The van der Waals surface area contributed by atoms with Crippen molar-refractivity contribution < 1.29 is 18.3 Å². The summed E-state index contributed by atoms with van der Waals surface area (Å²) >= 11 is 0. The topological polar surface area (TPSA) is 56.6 Å². The molecule has 2 aromatic rings. The third kappa shape index (κ3) is 5.47. The first kappa shape index (κ1) is 20.6. The van der Waals surface area contributed by atoms with E-state index in [-0.39, 0.29) is 6.42 Å². The predicted octanol–water partition coefficient (Wildman–Crippen LogP) is 5.31. The van der Waals surface area contributed by atoms with E-state index < -0.39 is 18.6 Å². The Bertz CT molecular complexity index is 983. The summed E-state index contributed by atoms with van der Waals surface area (Å²) in [7, 11) is 0. The molecular formula is C22H23F2N3O2. The Kier molecular flexibility index (Phi) is 6.36. The van der Waals surface area contributed by atoms with Crippen LogP contribution < -0.4 is 0 Å². The highest BCUT2D eigenvalue weighted by Crippen LogP contribution is 2.23. The summed E-state index contributed by atoms with van der Waals surface area (Å²) in [4.78, 5) is 13.2. The number of para-hydroxylation sites is 2. The van der Waals surface area contributed by atoms with Gasteiger partial charge in [-0.1, -0.05) is 31.7 Å². The van der Waals surface area contributed by atoms with E-state index in [9.17, 15) is 8.78 Å². The quantitative estimate of drug-likeness (QED) is 0.565. The Morgan fingerprint density at radius 2 is 2.00 bits per heavy atom. The highest BCUT2D eigenvalue weighted by atomic mass is 19.3. The number of hydrogen-bond donors (Lipinski definition) is 0. The number of allylic oxidation sites excluding steroid dienone is 3. The molecule has 0 saturated heterocycles. The van der Waals surface area contributed by atoms with Crippen molar-refractivity contribution in [3.8, 4) is 0 Å². The molecule has 1 aliphatic rings. The Morgan fingerprint density at radius 1 is 1.24 bits per heavy atom. The molecule has 2 heterocycles. The lowest BCUT2D eigenvalue weighted by atomic mass is 10.2. The molecule has 0 N–H and O–H groups in total. The van der Waals surface area contributed by atoms with Crippen LogP contribution in [0.5, 0.6) is 0 Å². The number of nitrogens with zero attached hydrogens (tertiary/aromatic N) is 3. The van der Waals surface area contributed by atoms with Gasteiger partial charge in [0, 0.05) is 6.42 Å². The molecule has 0 saturated carbocycles. The van der Waals surface area contributed by atoms with E-state index in [1.807, 2.05) is 37.3 Å². The molecule has 5 nitrogen and oxygen atoms in total. The predicted molar refractivity (Wildman–Crippen MR) is 110 cm³/mol. The minimum atomic E-state index is -2.85. The normalized spacial score (nSPS) is 15.3. The second kappa shape index (κ2) is 8.94. The van der Waals surface area contributed by atoms with Crippen LogP contribution in [0.15, 0.2) is 65.6 Å². The SMILES string of the molecule is C=C(OC(C)C1=CCC=C(OCC(F)(F)CC)C=N1)c1cnc2ccccc2n1. The number of rotatable bonds is 8. The van der Waals surface area contributed by atoms with E-state index in [1.54, 1.807) is 12.3 Å². The summed E-state index contributed by atoms with van der Waals surface area (Å²) in [5, 5.41) is 0. The van der Waals surface area contributed by atoms with Gasteiger partial charge in [-0.2, -0.15) is 0 Å². The van der Waals surface area contributed by atoms with Crippen LogP contribution in [0.2, 0.25) is 0 Å². The number of aliphatic imine (C=N–C) groups is 1. The van der Waals surface area contributed by atoms with Gasteiger partial charge in [-0.15, -0.1) is 0 Å². The first-order valence-corrected chi connectivity index (χ1v) is 9.40. The van der Waals surface area contributed by atoms with Crippen molar-refractivity contribution in [2.45, 2.75) is 38.7 Å². The average molecular weight is 399 g/mol. The largest absolute Gasteiger partial charge is 0.486 e. The summed E-state index contributed by atoms with van der Waals surface area (Å²) in [6.07, 6.45) is 6.43. The molecule has 0 radical (unpaired) electrons. The Hall–Kier alpha value is -3.09. The molecule has 7 heteroatoms. The number of fused-ring (bicyclic) bond motifs is 1. The maximum absolute atomic E-state index is 13.4. The summed E-state index contributed by atoms with van der Waals surface area (Å²) in [6, 6.07) is 7.54. The van der Waals surface area contributed by atoms with E-state index >= 15 is 0 Å². The van der Waals surface area contributed by atoms with Gasteiger partial charge in [-0.25, -0.2) is 13.8 Å². The Balaban J connectivity index is 1.61. The van der Waals surface area contributed by atoms with E-state index in [0.29, 0.717) is 29.3 Å². The number of aromatic nitrogens is 2. The molecule has 29 heavy (non-hydrogen) atoms. The molecule has 1 aromatic carbocycles. The van der Waals surface area contributed by atoms with Gasteiger partial charge in [0.25, 0.3) is 5.92 Å². The minimum Gasteiger partial charge on any atom is -0.486 e. The van der Waals surface area contributed by atoms with Crippen molar-refractivity contribution in [3.05, 3.63) is 66.3 Å². The van der Waals surface area contributed by atoms with Gasteiger partial charge < -0.3 is 9.47 Å². The van der Waals surface area contributed by atoms with Gasteiger partial charge in [-0.3, -0.25) is 9.98 Å². The van der Waals surface area contributed by atoms with Gasteiger partial charge >= 0.3 is 0 Å². The Labute approximate surface area is 168 Å². The zero-order valence-electron chi connectivity index (χ0n) is 16.4. The van der Waals surface area contributed by atoms with Crippen LogP contribution in [-0.4, -0.2) is 34.8 Å². The van der Waals surface area contributed by atoms with Crippen LogP contribution in [0.25, 0.3) is 16.8 Å². The maximum atomic E-state index is 13.4. The highest BCUT2D eigenvalue weighted by Gasteiger charge is 2.27. The van der Waals surface area contributed by atoms with Crippen molar-refractivity contribution in [2.24, 2.45) is 4.99 Å². The van der Waals surface area contributed by atoms with E-state index in [4.69, 9.17) is 9.47 Å². The summed E-state index contributed by atoms with van der Waals surface area (Å²) in [5.41, 5.74) is 2.74. The zero-order valence-corrected chi connectivity index (χ0v) is 16.4. The van der Waals surface area contributed by atoms with Crippen LogP contribution in [-0.2, 0) is 9.47 Å². The summed E-state index contributed by atoms with van der Waals surface area (Å²) in [6.45, 7) is 6.53. The number of hydrogen-bond acceptors (Lipinski definition) is 5. The lowest BCUT2D eigenvalue weighted by Gasteiger charge is -2.17. The zero-order chi connectivity index (χ0) is 20.9. The van der Waals surface area contributed by atoms with Gasteiger partial charge in [0.2, 0.25) is 0 Å². The van der Waals surface area contributed by atoms with Crippen LogP contribution in [0.4, 0.5) is 8.78 Å². The highest BCUT2D eigenvalue weighted by molar-refractivity contribution is 5.77. The Morgan fingerprint density at radius 3 is 2.76 bits per heavy atom. The van der Waals surface area contributed by atoms with Gasteiger partial charge in [0.05, 0.1) is 29.1 Å². The summed E-state index contributed by atoms with van der Waals surface area (Å²) < 4.78 is 37.8. The second-order valence-electron chi connectivity index (χ2n) is 6.65. The molecule has 0 bridgehead atoms. The van der Waals surface area contributed by atoms with Crippen molar-refractivity contribution in [3.63, 3.8) is 0 Å². The second-order valence-corrected chi connectivity index (χ2v) is 6.65. The monoisotopic (exact) mass is 399 g/mol. The number of ether oxygens (including phenoxy) is 2. The van der Waals surface area contributed by atoms with Crippen molar-refractivity contribution in [1.82, 2.24) is 9.97 Å². The number of benzene rings is 1. The molecule has 1 aromatic heterocycles. The maximum Gasteiger partial charge on any atom is 0.281 e. The van der Waals surface area contributed by atoms with E-state index in [2.05, 4.69) is 21.5 Å². The lowest BCUT2D eigenvalue weighted by molar-refractivity contribution is -0.0592. The average Bonchev–Trinajstić information content (AvgIpc) is 2.98. The molecule has 0 fully saturated rings. The van der Waals surface area contributed by atoms with E-state index in [0.717, 1.165) is 11.0 Å². The number of alkyl halides is 2. The molecule has 152 valence electrons. The first-order chi connectivity index (χ1) is 13.9. The van der Waals surface area contributed by atoms with Crippen LogP contribution in [0.1, 0.15) is 32.4 Å². The molecule has 1 atom stereocenters. The smallest absolute Gasteiger partial charge is 0.281 e. The lowest BCUT2D eigenvalue weighted by Crippen LogP contribution is -2.22. The molecule has 0 aliphatic carbocycles. The molecule has 1 unspecified atom stereocenters. The first-order valence-electron chi connectivity index (χ1n) is 9.40. The molecular weight excluding hydrogens is 376 g/mol. The molecule has 0 amide bonds.